The Kier molecular flexibility index (Phi) is 3.84. The summed E-state index contributed by atoms with van der Waals surface area (Å²) in [5.74, 6) is 0.604. The Bertz CT molecular complexity index is 791. The van der Waals surface area contributed by atoms with Crippen LogP contribution in [0.5, 0.6) is 5.75 Å². The zero-order valence-corrected chi connectivity index (χ0v) is 13.0. The highest BCUT2D eigenvalue weighted by atomic mass is 19.1. The van der Waals surface area contributed by atoms with Crippen LogP contribution in [-0.2, 0) is 6.42 Å². The number of hydrogen-bond donors (Lipinski definition) is 0. The van der Waals surface area contributed by atoms with Crippen LogP contribution in [0.15, 0.2) is 42.5 Å². The van der Waals surface area contributed by atoms with Crippen LogP contribution in [0.25, 0.3) is 10.9 Å². The molecule has 0 radical (unpaired) electrons. The first-order valence-electron chi connectivity index (χ1n) is 7.38. The van der Waals surface area contributed by atoms with Crippen molar-refractivity contribution >= 4 is 10.9 Å². The number of methoxy groups -OCH3 is 1. The molecule has 1 aromatic heterocycles. The van der Waals surface area contributed by atoms with Gasteiger partial charge in [-0.25, -0.2) is 4.39 Å². The summed E-state index contributed by atoms with van der Waals surface area (Å²) in [6.45, 7) is 4.02. The molecule has 0 unspecified atom stereocenters. The lowest BCUT2D eigenvalue weighted by atomic mass is 10.1. The molecule has 1 heterocycles. The molecule has 4 heteroatoms. The molecule has 22 heavy (non-hydrogen) atoms. The van der Waals surface area contributed by atoms with Crippen molar-refractivity contribution in [3.8, 4) is 5.75 Å². The molecule has 0 atom stereocenters. The van der Waals surface area contributed by atoms with E-state index in [0.717, 1.165) is 22.4 Å². The lowest BCUT2D eigenvalue weighted by Crippen LogP contribution is -2.04. The summed E-state index contributed by atoms with van der Waals surface area (Å²) in [7, 11) is 1.65. The first-order chi connectivity index (χ1) is 10.6. The third-order valence-electron chi connectivity index (χ3n) is 3.77. The number of benzene rings is 2. The van der Waals surface area contributed by atoms with Crippen molar-refractivity contribution in [1.29, 1.82) is 0 Å². The molecule has 0 bridgehead atoms. The van der Waals surface area contributed by atoms with E-state index in [1.165, 1.54) is 6.07 Å². The van der Waals surface area contributed by atoms with E-state index in [-0.39, 0.29) is 11.9 Å². The zero-order valence-electron chi connectivity index (χ0n) is 13.0. The second-order valence-corrected chi connectivity index (χ2v) is 5.65. The average Bonchev–Trinajstić information content (AvgIpc) is 2.89. The fourth-order valence-corrected chi connectivity index (χ4v) is 2.66. The SMILES string of the molecule is COc1ccc(Cc2nn(C(C)C)c3c(F)cccc23)cc1. The van der Waals surface area contributed by atoms with Gasteiger partial charge in [0.05, 0.1) is 12.8 Å². The van der Waals surface area contributed by atoms with Crippen LogP contribution in [-0.4, -0.2) is 16.9 Å². The van der Waals surface area contributed by atoms with E-state index < -0.39 is 0 Å². The third-order valence-corrected chi connectivity index (χ3v) is 3.77. The van der Waals surface area contributed by atoms with E-state index in [2.05, 4.69) is 5.10 Å². The Morgan fingerprint density at radius 1 is 1.14 bits per heavy atom. The van der Waals surface area contributed by atoms with Crippen molar-refractivity contribution in [3.63, 3.8) is 0 Å². The van der Waals surface area contributed by atoms with Crippen molar-refractivity contribution < 1.29 is 9.13 Å². The summed E-state index contributed by atoms with van der Waals surface area (Å²) in [4.78, 5) is 0. The second-order valence-electron chi connectivity index (χ2n) is 5.65. The number of fused-ring (bicyclic) bond motifs is 1. The van der Waals surface area contributed by atoms with Crippen LogP contribution >= 0.6 is 0 Å². The van der Waals surface area contributed by atoms with Crippen molar-refractivity contribution in [2.75, 3.05) is 7.11 Å². The van der Waals surface area contributed by atoms with Crippen molar-refractivity contribution in [3.05, 3.63) is 59.5 Å². The smallest absolute Gasteiger partial charge is 0.149 e. The Morgan fingerprint density at radius 2 is 1.86 bits per heavy atom. The van der Waals surface area contributed by atoms with E-state index in [0.29, 0.717) is 11.9 Å². The molecule has 0 aliphatic carbocycles. The molecule has 0 spiro atoms. The van der Waals surface area contributed by atoms with Gasteiger partial charge in [-0.3, -0.25) is 4.68 Å². The highest BCUT2D eigenvalue weighted by Crippen LogP contribution is 2.26. The first kappa shape index (κ1) is 14.6. The summed E-state index contributed by atoms with van der Waals surface area (Å²) in [6.07, 6.45) is 0.670. The number of hydrogen-bond acceptors (Lipinski definition) is 2. The highest BCUT2D eigenvalue weighted by Gasteiger charge is 2.16. The number of para-hydroxylation sites is 1. The van der Waals surface area contributed by atoms with Gasteiger partial charge in [-0.1, -0.05) is 24.3 Å². The van der Waals surface area contributed by atoms with Crippen LogP contribution in [0.3, 0.4) is 0 Å². The number of nitrogens with zero attached hydrogens (tertiary/aromatic N) is 2. The van der Waals surface area contributed by atoms with Gasteiger partial charge < -0.3 is 4.74 Å². The van der Waals surface area contributed by atoms with E-state index in [9.17, 15) is 4.39 Å². The molecule has 114 valence electrons. The maximum absolute atomic E-state index is 14.2. The largest absolute Gasteiger partial charge is 0.497 e. The van der Waals surface area contributed by atoms with Crippen LogP contribution in [0.4, 0.5) is 4.39 Å². The summed E-state index contributed by atoms with van der Waals surface area (Å²) in [5.41, 5.74) is 2.61. The molecule has 0 aliphatic heterocycles. The van der Waals surface area contributed by atoms with E-state index in [1.807, 2.05) is 44.2 Å². The van der Waals surface area contributed by atoms with E-state index in [1.54, 1.807) is 17.9 Å². The van der Waals surface area contributed by atoms with Gasteiger partial charge in [0.25, 0.3) is 0 Å². The number of halogens is 1. The number of ether oxygens (including phenoxy) is 1. The molecule has 0 amide bonds. The van der Waals surface area contributed by atoms with Gasteiger partial charge in [-0.2, -0.15) is 5.10 Å². The molecule has 2 aromatic carbocycles. The van der Waals surface area contributed by atoms with Crippen LogP contribution in [0, 0.1) is 5.82 Å². The fraction of sp³-hybridized carbons (Fsp3) is 0.278. The van der Waals surface area contributed by atoms with Gasteiger partial charge >= 0.3 is 0 Å². The Morgan fingerprint density at radius 3 is 2.50 bits per heavy atom. The van der Waals surface area contributed by atoms with Gasteiger partial charge in [0.15, 0.2) is 0 Å². The number of rotatable bonds is 4. The van der Waals surface area contributed by atoms with Crippen molar-refractivity contribution in [2.24, 2.45) is 0 Å². The standard InChI is InChI=1S/C18H19FN2O/c1-12(2)21-18-15(5-4-6-16(18)19)17(20-21)11-13-7-9-14(22-3)10-8-13/h4-10,12H,11H2,1-3H3. The number of aromatic nitrogens is 2. The zero-order chi connectivity index (χ0) is 15.7. The van der Waals surface area contributed by atoms with Crippen LogP contribution in [0.1, 0.15) is 31.1 Å². The summed E-state index contributed by atoms with van der Waals surface area (Å²) >= 11 is 0. The monoisotopic (exact) mass is 298 g/mol. The summed E-state index contributed by atoms with van der Waals surface area (Å²) in [6, 6.07) is 13.2. The Hall–Kier alpha value is -2.36. The Labute approximate surface area is 129 Å². The highest BCUT2D eigenvalue weighted by molar-refractivity contribution is 5.83. The van der Waals surface area contributed by atoms with Crippen molar-refractivity contribution in [2.45, 2.75) is 26.3 Å². The predicted molar refractivity (Wildman–Crippen MR) is 85.9 cm³/mol. The topological polar surface area (TPSA) is 27.1 Å². The van der Waals surface area contributed by atoms with Gasteiger partial charge in [0, 0.05) is 17.8 Å². The minimum Gasteiger partial charge on any atom is -0.497 e. The molecule has 0 fully saturated rings. The summed E-state index contributed by atoms with van der Waals surface area (Å²) in [5, 5.41) is 5.51. The Balaban J connectivity index is 2.05. The first-order valence-corrected chi connectivity index (χ1v) is 7.38. The van der Waals surface area contributed by atoms with Crippen LogP contribution < -0.4 is 4.74 Å². The van der Waals surface area contributed by atoms with Gasteiger partial charge in [0.1, 0.15) is 17.1 Å². The van der Waals surface area contributed by atoms with Gasteiger partial charge in [-0.15, -0.1) is 0 Å². The molecule has 3 aromatic rings. The van der Waals surface area contributed by atoms with Crippen molar-refractivity contribution in [1.82, 2.24) is 9.78 Å². The second kappa shape index (κ2) is 5.79. The average molecular weight is 298 g/mol. The maximum Gasteiger partial charge on any atom is 0.149 e. The summed E-state index contributed by atoms with van der Waals surface area (Å²) < 4.78 is 21.1. The molecule has 0 aliphatic rings. The van der Waals surface area contributed by atoms with Gasteiger partial charge in [-0.05, 0) is 37.6 Å². The normalized spacial score (nSPS) is 11.3. The van der Waals surface area contributed by atoms with Crippen LogP contribution in [0.2, 0.25) is 0 Å². The minimum absolute atomic E-state index is 0.115. The van der Waals surface area contributed by atoms with Gasteiger partial charge in [0.2, 0.25) is 0 Å². The maximum atomic E-state index is 14.2. The molecular formula is C18H19FN2O. The quantitative estimate of drug-likeness (QED) is 0.715. The molecule has 0 saturated heterocycles. The predicted octanol–water partition coefficient (Wildman–Crippen LogP) is 4.36. The van der Waals surface area contributed by atoms with E-state index >= 15 is 0 Å². The lowest BCUT2D eigenvalue weighted by molar-refractivity contribution is 0.414. The van der Waals surface area contributed by atoms with E-state index in [4.69, 9.17) is 4.74 Å². The molecule has 3 nitrogen and oxygen atoms in total. The minimum atomic E-state index is -0.223. The molecule has 0 N–H and O–H groups in total. The molecular weight excluding hydrogens is 279 g/mol. The molecule has 3 rings (SSSR count). The lowest BCUT2D eigenvalue weighted by Gasteiger charge is -2.07. The third kappa shape index (κ3) is 2.56. The fourth-order valence-electron chi connectivity index (χ4n) is 2.66. The molecule has 0 saturated carbocycles.